The number of rotatable bonds is 5. The van der Waals surface area contributed by atoms with Crippen LogP contribution in [-0.2, 0) is 11.3 Å². The second-order valence-electron chi connectivity index (χ2n) is 6.60. The first-order valence-corrected chi connectivity index (χ1v) is 9.34. The number of carbonyl (C=O) groups excluding carboxylic acids is 1. The highest BCUT2D eigenvalue weighted by atomic mass is 79.9. The van der Waals surface area contributed by atoms with Crippen molar-refractivity contribution in [3.8, 4) is 5.88 Å². The number of amides is 1. The lowest BCUT2D eigenvalue weighted by Gasteiger charge is -2.12. The minimum Gasteiger partial charge on any atom is -0.473 e. The number of nitrogens with one attached hydrogen (secondary N) is 1. The van der Waals surface area contributed by atoms with Crippen molar-refractivity contribution in [2.45, 2.75) is 26.0 Å². The van der Waals surface area contributed by atoms with Crippen molar-refractivity contribution in [1.82, 2.24) is 19.7 Å². The lowest BCUT2D eigenvalue weighted by molar-refractivity contribution is -0.117. The molecule has 3 aromatic rings. The molecule has 1 fully saturated rings. The minimum atomic E-state index is -0.618. The minimum absolute atomic E-state index is 0.0436. The summed E-state index contributed by atoms with van der Waals surface area (Å²) in [6.07, 6.45) is 2.83. The average Bonchev–Trinajstić information content (AvgIpc) is 3.35. The molecule has 1 aliphatic carbocycles. The van der Waals surface area contributed by atoms with Crippen LogP contribution in [-0.4, -0.2) is 31.8 Å². The predicted molar refractivity (Wildman–Crippen MR) is 103 cm³/mol. The molecule has 144 valence electrons. The fourth-order valence-electron chi connectivity index (χ4n) is 2.69. The van der Waals surface area contributed by atoms with Crippen LogP contribution in [0.2, 0.25) is 0 Å². The summed E-state index contributed by atoms with van der Waals surface area (Å²) in [5.41, 5.74) is -0.422. The smallest absolute Gasteiger partial charge is 0.275 e. The topological polar surface area (TPSA) is 99.0 Å². The summed E-state index contributed by atoms with van der Waals surface area (Å²) in [5, 5.41) is 7.63. The van der Waals surface area contributed by atoms with Gasteiger partial charge in [-0.25, -0.2) is 19.0 Å². The Morgan fingerprint density at radius 2 is 2.07 bits per heavy atom. The van der Waals surface area contributed by atoms with Crippen molar-refractivity contribution < 1.29 is 13.9 Å². The first kappa shape index (κ1) is 18.5. The van der Waals surface area contributed by atoms with Crippen LogP contribution in [0.25, 0.3) is 10.8 Å². The van der Waals surface area contributed by atoms with Crippen molar-refractivity contribution in [2.75, 3.05) is 5.32 Å². The monoisotopic (exact) mass is 447 g/mol. The highest BCUT2D eigenvalue weighted by Gasteiger charge is 2.36. The third-order valence-corrected chi connectivity index (χ3v) is 4.85. The van der Waals surface area contributed by atoms with Gasteiger partial charge in [-0.3, -0.25) is 14.9 Å². The maximum atomic E-state index is 12.9. The second-order valence-corrected chi connectivity index (χ2v) is 7.52. The van der Waals surface area contributed by atoms with Gasteiger partial charge in [0.15, 0.2) is 5.82 Å². The van der Waals surface area contributed by atoms with Crippen molar-refractivity contribution in [1.29, 1.82) is 0 Å². The zero-order chi connectivity index (χ0) is 19.8. The van der Waals surface area contributed by atoms with Crippen molar-refractivity contribution in [2.24, 2.45) is 5.92 Å². The van der Waals surface area contributed by atoms with Crippen LogP contribution in [0.3, 0.4) is 0 Å². The van der Waals surface area contributed by atoms with Crippen molar-refractivity contribution in [3.63, 3.8) is 0 Å². The zero-order valence-corrected chi connectivity index (χ0v) is 16.3. The summed E-state index contributed by atoms with van der Waals surface area (Å²) in [6, 6.07) is 5.16. The molecule has 2 heterocycles. The van der Waals surface area contributed by atoms with Gasteiger partial charge < -0.3 is 4.74 Å². The quantitative estimate of drug-likeness (QED) is 0.644. The van der Waals surface area contributed by atoms with Crippen LogP contribution in [0.5, 0.6) is 5.88 Å². The van der Waals surface area contributed by atoms with Crippen LogP contribution in [0, 0.1) is 11.7 Å². The number of hydrogen-bond acceptors (Lipinski definition) is 6. The molecule has 4 rings (SSSR count). The Kier molecular flexibility index (Phi) is 4.80. The van der Waals surface area contributed by atoms with Gasteiger partial charge >= 0.3 is 0 Å². The molecule has 0 bridgehead atoms. The number of nitrogens with zero attached hydrogens (tertiary/aromatic N) is 4. The van der Waals surface area contributed by atoms with E-state index in [0.717, 1.165) is 28.0 Å². The van der Waals surface area contributed by atoms with Gasteiger partial charge in [-0.2, -0.15) is 0 Å². The average molecular weight is 448 g/mol. The Morgan fingerprint density at radius 3 is 2.75 bits per heavy atom. The molecule has 0 saturated heterocycles. The molecule has 1 amide bonds. The van der Waals surface area contributed by atoms with Crippen LogP contribution in [0.1, 0.15) is 13.3 Å². The predicted octanol–water partition coefficient (Wildman–Crippen LogP) is 2.51. The standard InChI is InChI=1S/C18H15BrFN5O3/c1-9-4-14(9)28-16-13-5-10(19)2-3-12(13)17(27)25(24-16)8-15(26)23-18-21-6-11(20)7-22-18/h2-3,5-7,9,14H,4,8H2,1H3,(H,21,22,23,26)/t9?,14-/m0/s1. The largest absolute Gasteiger partial charge is 0.473 e. The Balaban J connectivity index is 1.65. The van der Waals surface area contributed by atoms with E-state index in [0.29, 0.717) is 22.6 Å². The molecular formula is C18H15BrFN5O3. The Morgan fingerprint density at radius 1 is 1.36 bits per heavy atom. The highest BCUT2D eigenvalue weighted by molar-refractivity contribution is 9.10. The molecule has 0 aliphatic heterocycles. The van der Waals surface area contributed by atoms with Gasteiger partial charge in [0.25, 0.3) is 5.56 Å². The number of aromatic nitrogens is 4. The molecule has 2 atom stereocenters. The fourth-order valence-corrected chi connectivity index (χ4v) is 3.06. The lowest BCUT2D eigenvalue weighted by atomic mass is 10.2. The summed E-state index contributed by atoms with van der Waals surface area (Å²) in [7, 11) is 0. The van der Waals surface area contributed by atoms with E-state index in [2.05, 4.69) is 43.2 Å². The summed E-state index contributed by atoms with van der Waals surface area (Å²) in [5.74, 6) is -0.525. The second kappa shape index (κ2) is 7.27. The van der Waals surface area contributed by atoms with Crippen LogP contribution < -0.4 is 15.6 Å². The molecule has 0 spiro atoms. The molecule has 1 aliphatic rings. The van der Waals surface area contributed by atoms with Gasteiger partial charge in [-0.1, -0.05) is 22.9 Å². The first-order chi connectivity index (χ1) is 13.4. The van der Waals surface area contributed by atoms with E-state index in [1.54, 1.807) is 18.2 Å². The summed E-state index contributed by atoms with van der Waals surface area (Å²) in [6.45, 7) is 1.71. The maximum Gasteiger partial charge on any atom is 0.275 e. The molecule has 1 N–H and O–H groups in total. The van der Waals surface area contributed by atoms with Gasteiger partial charge in [0.2, 0.25) is 17.7 Å². The van der Waals surface area contributed by atoms with Gasteiger partial charge in [0, 0.05) is 4.47 Å². The first-order valence-electron chi connectivity index (χ1n) is 8.55. The van der Waals surface area contributed by atoms with E-state index in [9.17, 15) is 14.0 Å². The number of ether oxygens (including phenoxy) is 1. The van der Waals surface area contributed by atoms with Crippen molar-refractivity contribution >= 4 is 38.6 Å². The maximum absolute atomic E-state index is 12.9. The van der Waals surface area contributed by atoms with E-state index >= 15 is 0 Å². The molecule has 10 heteroatoms. The lowest BCUT2D eigenvalue weighted by Crippen LogP contribution is -2.30. The number of anilines is 1. The van der Waals surface area contributed by atoms with Gasteiger partial charge in [0.1, 0.15) is 12.6 Å². The third-order valence-electron chi connectivity index (χ3n) is 4.35. The number of benzene rings is 1. The van der Waals surface area contributed by atoms with E-state index in [4.69, 9.17) is 4.74 Å². The highest BCUT2D eigenvalue weighted by Crippen LogP contribution is 2.35. The fraction of sp³-hybridized carbons (Fsp3) is 0.278. The molecule has 0 radical (unpaired) electrons. The number of carbonyl (C=O) groups is 1. The molecule has 1 aromatic carbocycles. The summed E-state index contributed by atoms with van der Waals surface area (Å²) in [4.78, 5) is 32.4. The SMILES string of the molecule is CC1C[C@@H]1Oc1nn(CC(=O)Nc2ncc(F)cn2)c(=O)c2ccc(Br)cc12. The van der Waals surface area contributed by atoms with Gasteiger partial charge in [0.05, 0.1) is 23.2 Å². The Hall–Kier alpha value is -2.88. The summed E-state index contributed by atoms with van der Waals surface area (Å²) >= 11 is 3.39. The molecular weight excluding hydrogens is 433 g/mol. The molecule has 8 nitrogen and oxygen atoms in total. The molecule has 1 saturated carbocycles. The van der Waals surface area contributed by atoms with E-state index in [1.807, 2.05) is 0 Å². The Bertz CT molecular complexity index is 1120. The van der Waals surface area contributed by atoms with Gasteiger partial charge in [-0.15, -0.1) is 5.10 Å². The number of hydrogen-bond donors (Lipinski definition) is 1. The molecule has 1 unspecified atom stereocenters. The van der Waals surface area contributed by atoms with Crippen LogP contribution in [0.4, 0.5) is 10.3 Å². The van der Waals surface area contributed by atoms with E-state index in [-0.39, 0.29) is 18.6 Å². The number of halogens is 2. The van der Waals surface area contributed by atoms with Crippen molar-refractivity contribution in [3.05, 3.63) is 51.2 Å². The van der Waals surface area contributed by atoms with Crippen LogP contribution >= 0.6 is 15.9 Å². The third kappa shape index (κ3) is 3.86. The van der Waals surface area contributed by atoms with E-state index in [1.165, 1.54) is 0 Å². The Labute approximate surface area is 166 Å². The van der Waals surface area contributed by atoms with Crippen LogP contribution in [0.15, 0.2) is 39.9 Å². The number of fused-ring (bicyclic) bond motifs is 1. The molecule has 28 heavy (non-hydrogen) atoms. The van der Waals surface area contributed by atoms with Gasteiger partial charge in [-0.05, 0) is 30.5 Å². The molecule has 2 aromatic heterocycles. The zero-order valence-electron chi connectivity index (χ0n) is 14.7. The summed E-state index contributed by atoms with van der Waals surface area (Å²) < 4.78 is 20.6. The normalized spacial score (nSPS) is 18.1. The van der Waals surface area contributed by atoms with E-state index < -0.39 is 17.3 Å².